The first-order valence-corrected chi connectivity index (χ1v) is 8.27. The maximum atomic E-state index is 11.8. The van der Waals surface area contributed by atoms with Gasteiger partial charge in [0.25, 0.3) is 0 Å². The number of aromatic amines is 1. The van der Waals surface area contributed by atoms with Crippen LogP contribution in [0.1, 0.15) is 30.6 Å². The number of carbonyl (C=O) groups is 1. The monoisotopic (exact) mass is 292 g/mol. The van der Waals surface area contributed by atoms with Crippen molar-refractivity contribution < 1.29 is 4.79 Å². The predicted molar refractivity (Wildman–Crippen MR) is 86.7 cm³/mol. The Labute approximate surface area is 130 Å². The number of allylic oxidation sites excluding steroid dienone is 1. The highest BCUT2D eigenvalue weighted by atomic mass is 16.1. The molecule has 3 fully saturated rings. The van der Waals surface area contributed by atoms with Gasteiger partial charge in [-0.15, -0.1) is 0 Å². The van der Waals surface area contributed by atoms with Crippen LogP contribution in [0.2, 0.25) is 0 Å². The maximum Gasteiger partial charge on any atom is 0.125 e. The van der Waals surface area contributed by atoms with Crippen molar-refractivity contribution in [3.8, 4) is 0 Å². The molecule has 6 rings (SSSR count). The normalized spacial score (nSPS) is 37.5. The molecule has 0 saturated carbocycles. The minimum Gasteiger partial charge on any atom is -0.357 e. The molecular weight excluding hydrogens is 272 g/mol. The topological polar surface area (TPSA) is 36.1 Å². The number of hydrogen-bond acceptors (Lipinski definition) is 2. The third-order valence-corrected chi connectivity index (χ3v) is 6.17. The van der Waals surface area contributed by atoms with Gasteiger partial charge in [0.15, 0.2) is 0 Å². The second-order valence-electron chi connectivity index (χ2n) is 6.94. The van der Waals surface area contributed by atoms with E-state index >= 15 is 0 Å². The van der Waals surface area contributed by atoms with Gasteiger partial charge in [0.05, 0.1) is 6.04 Å². The number of hydrogen-bond donors (Lipinski definition) is 1. The first kappa shape index (κ1) is 12.7. The van der Waals surface area contributed by atoms with Crippen LogP contribution in [0.3, 0.4) is 0 Å². The van der Waals surface area contributed by atoms with E-state index < -0.39 is 0 Å². The molecule has 0 amide bonds. The Morgan fingerprint density at radius 2 is 2.18 bits per heavy atom. The molecule has 3 heteroatoms. The van der Waals surface area contributed by atoms with E-state index in [9.17, 15) is 4.79 Å². The number of fused-ring (bicyclic) bond motifs is 4. The number of carbonyl (C=O) groups excluding carboxylic acids is 1. The smallest absolute Gasteiger partial charge is 0.125 e. The van der Waals surface area contributed by atoms with Crippen molar-refractivity contribution in [1.29, 1.82) is 0 Å². The minimum atomic E-state index is 0.165. The molecule has 0 radical (unpaired) electrons. The second kappa shape index (κ2) is 4.32. The summed E-state index contributed by atoms with van der Waals surface area (Å²) >= 11 is 0. The summed E-state index contributed by atoms with van der Waals surface area (Å²) in [4.78, 5) is 18.0. The average Bonchev–Trinajstić information content (AvgIpc) is 2.93. The predicted octanol–water partition coefficient (Wildman–Crippen LogP) is 3.23. The Bertz CT molecular complexity index is 803. The largest absolute Gasteiger partial charge is 0.357 e. The van der Waals surface area contributed by atoms with Crippen LogP contribution in [-0.2, 0) is 11.2 Å². The lowest BCUT2D eigenvalue weighted by Crippen LogP contribution is -2.60. The first-order chi connectivity index (χ1) is 10.8. The number of benzene rings is 1. The molecule has 112 valence electrons. The highest BCUT2D eigenvalue weighted by Crippen LogP contribution is 2.53. The number of rotatable bonds is 1. The van der Waals surface area contributed by atoms with E-state index in [-0.39, 0.29) is 5.92 Å². The highest BCUT2D eigenvalue weighted by molar-refractivity contribution is 5.85. The zero-order chi connectivity index (χ0) is 14.8. The summed E-state index contributed by atoms with van der Waals surface area (Å²) in [6, 6.07) is 9.44. The zero-order valence-corrected chi connectivity index (χ0v) is 12.8. The number of piperidine rings is 3. The second-order valence-corrected chi connectivity index (χ2v) is 6.94. The van der Waals surface area contributed by atoms with E-state index in [0.717, 1.165) is 19.4 Å². The summed E-state index contributed by atoms with van der Waals surface area (Å²) in [5, 5.41) is 1.35. The molecule has 3 saturated heterocycles. The van der Waals surface area contributed by atoms with Crippen LogP contribution in [0.4, 0.5) is 0 Å². The van der Waals surface area contributed by atoms with Gasteiger partial charge in [0.1, 0.15) is 6.29 Å². The van der Waals surface area contributed by atoms with Crippen molar-refractivity contribution in [2.75, 3.05) is 6.54 Å². The number of aldehydes is 1. The Morgan fingerprint density at radius 3 is 3.00 bits per heavy atom. The number of aromatic nitrogens is 1. The van der Waals surface area contributed by atoms with E-state index in [2.05, 4.69) is 47.1 Å². The fraction of sp³-hybridized carbons (Fsp3) is 0.421. The molecule has 5 atom stereocenters. The van der Waals surface area contributed by atoms with Gasteiger partial charge >= 0.3 is 0 Å². The molecule has 22 heavy (non-hydrogen) atoms. The van der Waals surface area contributed by atoms with E-state index in [1.54, 1.807) is 0 Å². The standard InChI is InChI=1S/C19H20N2O/c1-2-11-9-21-17-8-14-12-5-3-4-6-16(12)20-19(14)18(21)7-13(11)15(17)10-22/h2-6,10,13,15,17-18,20H,7-9H2,1H3/b11-2-/t13-,15?,17-,18-/m0/s1. The molecule has 1 aromatic heterocycles. The maximum absolute atomic E-state index is 11.8. The van der Waals surface area contributed by atoms with Gasteiger partial charge in [0, 0.05) is 35.1 Å². The van der Waals surface area contributed by atoms with Crippen molar-refractivity contribution >= 4 is 17.2 Å². The van der Waals surface area contributed by atoms with Gasteiger partial charge in [-0.1, -0.05) is 29.8 Å². The fourth-order valence-corrected chi connectivity index (χ4v) is 5.17. The molecular formula is C19H20N2O. The van der Waals surface area contributed by atoms with Crippen molar-refractivity contribution in [3.63, 3.8) is 0 Å². The third kappa shape index (κ3) is 1.42. The van der Waals surface area contributed by atoms with Gasteiger partial charge in [-0.2, -0.15) is 0 Å². The summed E-state index contributed by atoms with van der Waals surface area (Å²) < 4.78 is 0. The highest BCUT2D eigenvalue weighted by Gasteiger charge is 2.52. The third-order valence-electron chi connectivity index (χ3n) is 6.17. The number of H-pyrrole nitrogens is 1. The fourth-order valence-electron chi connectivity index (χ4n) is 5.17. The van der Waals surface area contributed by atoms with Crippen molar-refractivity contribution in [3.05, 3.63) is 47.2 Å². The van der Waals surface area contributed by atoms with Crippen LogP contribution < -0.4 is 0 Å². The Hall–Kier alpha value is -1.87. The van der Waals surface area contributed by atoms with Crippen molar-refractivity contribution in [2.24, 2.45) is 11.8 Å². The Kier molecular flexibility index (Phi) is 2.49. The number of nitrogens with zero attached hydrogens (tertiary/aromatic N) is 1. The van der Waals surface area contributed by atoms with E-state index in [1.807, 2.05) is 0 Å². The average molecular weight is 292 g/mol. The van der Waals surface area contributed by atoms with Crippen LogP contribution in [0.5, 0.6) is 0 Å². The molecule has 4 aliphatic heterocycles. The van der Waals surface area contributed by atoms with Gasteiger partial charge in [-0.25, -0.2) is 0 Å². The van der Waals surface area contributed by atoms with Gasteiger partial charge in [0.2, 0.25) is 0 Å². The summed E-state index contributed by atoms with van der Waals surface area (Å²) in [6.45, 7) is 3.15. The van der Waals surface area contributed by atoms with Crippen molar-refractivity contribution in [2.45, 2.75) is 31.8 Å². The van der Waals surface area contributed by atoms with Crippen LogP contribution in [0, 0.1) is 11.8 Å². The van der Waals surface area contributed by atoms with E-state index in [4.69, 9.17) is 0 Å². The van der Waals surface area contributed by atoms with E-state index in [1.165, 1.54) is 34.0 Å². The van der Waals surface area contributed by atoms with Gasteiger partial charge in [-0.05, 0) is 37.3 Å². The lowest BCUT2D eigenvalue weighted by Gasteiger charge is -2.57. The van der Waals surface area contributed by atoms with Crippen LogP contribution >= 0.6 is 0 Å². The molecule has 0 spiro atoms. The molecule has 1 N–H and O–H groups in total. The zero-order valence-electron chi connectivity index (χ0n) is 12.8. The molecule has 2 unspecified atom stereocenters. The molecule has 5 heterocycles. The lowest BCUT2D eigenvalue weighted by molar-refractivity contribution is -0.121. The number of nitrogens with one attached hydrogen (secondary N) is 1. The molecule has 4 aliphatic rings. The summed E-state index contributed by atoms with van der Waals surface area (Å²) in [5.74, 6) is 0.611. The lowest BCUT2D eigenvalue weighted by atomic mass is 9.64. The molecule has 0 aliphatic carbocycles. The quantitative estimate of drug-likeness (QED) is 0.647. The summed E-state index contributed by atoms with van der Waals surface area (Å²) in [7, 11) is 0. The molecule has 1 aromatic carbocycles. The number of para-hydroxylation sites is 1. The Morgan fingerprint density at radius 1 is 1.32 bits per heavy atom. The van der Waals surface area contributed by atoms with Gasteiger partial charge < -0.3 is 9.78 Å². The van der Waals surface area contributed by atoms with Crippen LogP contribution in [-0.4, -0.2) is 28.8 Å². The SMILES string of the molecule is C/C=C1/CN2[C@H]3C[C@@H]1C(C=O)[C@@H]2Cc1c3[nH]c2ccccc12. The van der Waals surface area contributed by atoms with Crippen LogP contribution in [0.15, 0.2) is 35.9 Å². The summed E-state index contributed by atoms with van der Waals surface area (Å²) in [5.41, 5.74) is 5.56. The summed E-state index contributed by atoms with van der Waals surface area (Å²) in [6.07, 6.45) is 5.54. The molecule has 2 aromatic rings. The Balaban J connectivity index is 1.70. The minimum absolute atomic E-state index is 0.165. The van der Waals surface area contributed by atoms with Gasteiger partial charge in [-0.3, -0.25) is 4.90 Å². The molecule has 4 bridgehead atoms. The van der Waals surface area contributed by atoms with Crippen molar-refractivity contribution in [1.82, 2.24) is 9.88 Å². The van der Waals surface area contributed by atoms with Crippen LogP contribution in [0.25, 0.3) is 10.9 Å². The first-order valence-electron chi connectivity index (χ1n) is 8.27. The van der Waals surface area contributed by atoms with E-state index in [0.29, 0.717) is 18.0 Å². The molecule has 3 nitrogen and oxygen atoms in total.